The van der Waals surface area contributed by atoms with E-state index in [9.17, 15) is 9.59 Å². The molecule has 0 aliphatic carbocycles. The summed E-state index contributed by atoms with van der Waals surface area (Å²) in [4.78, 5) is 24.6. The Hall–Kier alpha value is -1.44. The van der Waals surface area contributed by atoms with E-state index in [-0.39, 0.29) is 17.5 Å². The van der Waals surface area contributed by atoms with E-state index in [4.69, 9.17) is 23.2 Å². The van der Waals surface area contributed by atoms with Gasteiger partial charge in [-0.3, -0.25) is 9.36 Å². The van der Waals surface area contributed by atoms with Crippen LogP contribution >= 0.6 is 35.0 Å². The van der Waals surface area contributed by atoms with Crippen molar-refractivity contribution >= 4 is 46.6 Å². The van der Waals surface area contributed by atoms with Crippen LogP contribution in [0.2, 0.25) is 10.0 Å². The molecule has 2 aromatic rings. The van der Waals surface area contributed by atoms with Gasteiger partial charge in [0.2, 0.25) is 5.91 Å². The van der Waals surface area contributed by atoms with Gasteiger partial charge in [0.15, 0.2) is 5.16 Å². The number of nitrogens with zero attached hydrogens (tertiary/aromatic N) is 2. The second kappa shape index (κ2) is 8.78. The summed E-state index contributed by atoms with van der Waals surface area (Å²) >= 11 is 13.3. The molecule has 2 rings (SSSR count). The van der Waals surface area contributed by atoms with E-state index < -0.39 is 5.25 Å². The van der Waals surface area contributed by atoms with Crippen LogP contribution in [0.15, 0.2) is 28.2 Å². The third-order valence-corrected chi connectivity index (χ3v) is 5.55. The van der Waals surface area contributed by atoms with Crippen LogP contribution in [0.3, 0.4) is 0 Å². The van der Waals surface area contributed by atoms with Crippen molar-refractivity contribution in [2.24, 2.45) is 5.92 Å². The maximum atomic E-state index is 12.7. The first kappa shape index (κ1) is 19.9. The molecule has 0 aliphatic rings. The first-order valence-corrected chi connectivity index (χ1v) is 9.54. The fourth-order valence-electron chi connectivity index (χ4n) is 2.22. The van der Waals surface area contributed by atoms with E-state index in [1.807, 2.05) is 20.8 Å². The van der Waals surface area contributed by atoms with Gasteiger partial charge in [-0.1, -0.05) is 55.7 Å². The third kappa shape index (κ3) is 5.03. The number of rotatable bonds is 7. The zero-order chi connectivity index (χ0) is 18.6. The van der Waals surface area contributed by atoms with E-state index in [0.717, 1.165) is 6.42 Å². The number of amides is 1. The summed E-state index contributed by atoms with van der Waals surface area (Å²) in [6, 6.07) is 4.89. The first-order valence-electron chi connectivity index (χ1n) is 7.91. The molecule has 2 N–H and O–H groups in total. The number of aromatic nitrogens is 3. The number of hydrogen-bond donors (Lipinski definition) is 2. The maximum absolute atomic E-state index is 12.7. The maximum Gasteiger partial charge on any atom is 0.343 e. The molecule has 6 nitrogen and oxygen atoms in total. The largest absolute Gasteiger partial charge is 0.343 e. The quantitative estimate of drug-likeness (QED) is 0.684. The lowest BCUT2D eigenvalue weighted by atomic mass is 10.1. The van der Waals surface area contributed by atoms with E-state index in [1.54, 1.807) is 22.8 Å². The molecule has 9 heteroatoms. The highest BCUT2D eigenvalue weighted by Gasteiger charge is 2.27. The summed E-state index contributed by atoms with van der Waals surface area (Å²) in [5.74, 6) is -0.201. The minimum absolute atomic E-state index is 0.0184. The molecule has 1 amide bonds. The summed E-state index contributed by atoms with van der Waals surface area (Å²) in [7, 11) is 0. The monoisotopic (exact) mass is 402 g/mol. The number of hydrogen-bond acceptors (Lipinski definition) is 4. The van der Waals surface area contributed by atoms with Gasteiger partial charge in [-0.15, -0.1) is 5.10 Å². The minimum Gasteiger partial charge on any atom is -0.324 e. The molecular formula is C16H20Cl2N4O2S. The normalized spacial score (nSPS) is 12.4. The highest BCUT2D eigenvalue weighted by molar-refractivity contribution is 8.00. The zero-order valence-corrected chi connectivity index (χ0v) is 16.5. The number of anilines is 1. The number of thioether (sulfide) groups is 1. The minimum atomic E-state index is -0.444. The number of halogens is 2. The van der Waals surface area contributed by atoms with Crippen LogP contribution in [0, 0.1) is 5.92 Å². The van der Waals surface area contributed by atoms with Crippen molar-refractivity contribution in [1.29, 1.82) is 0 Å². The lowest BCUT2D eigenvalue weighted by Crippen LogP contribution is -2.30. The molecule has 0 radical (unpaired) electrons. The van der Waals surface area contributed by atoms with Crippen LogP contribution in [0.4, 0.5) is 5.69 Å². The van der Waals surface area contributed by atoms with E-state index >= 15 is 0 Å². The van der Waals surface area contributed by atoms with Gasteiger partial charge >= 0.3 is 5.69 Å². The smallest absolute Gasteiger partial charge is 0.324 e. The molecule has 1 atom stereocenters. The average molecular weight is 403 g/mol. The van der Waals surface area contributed by atoms with Crippen LogP contribution in [0.25, 0.3) is 0 Å². The molecule has 25 heavy (non-hydrogen) atoms. The number of nitrogens with one attached hydrogen (secondary N) is 2. The lowest BCUT2D eigenvalue weighted by Gasteiger charge is -2.20. The number of benzene rings is 1. The molecule has 136 valence electrons. The van der Waals surface area contributed by atoms with Gasteiger partial charge in [0.25, 0.3) is 0 Å². The molecule has 0 bridgehead atoms. The molecule has 1 aromatic carbocycles. The Labute approximate surface area is 160 Å². The molecule has 0 spiro atoms. The highest BCUT2D eigenvalue weighted by Crippen LogP contribution is 2.30. The van der Waals surface area contributed by atoms with Crippen molar-refractivity contribution in [2.45, 2.75) is 44.1 Å². The Morgan fingerprint density at radius 1 is 1.40 bits per heavy atom. The predicted molar refractivity (Wildman–Crippen MR) is 103 cm³/mol. The van der Waals surface area contributed by atoms with Crippen molar-refractivity contribution in [3.63, 3.8) is 0 Å². The van der Waals surface area contributed by atoms with Crippen LogP contribution in [-0.2, 0) is 11.3 Å². The Balaban J connectivity index is 2.22. The fraction of sp³-hybridized carbons (Fsp3) is 0.438. The van der Waals surface area contributed by atoms with E-state index in [0.29, 0.717) is 27.4 Å². The molecule has 1 aromatic heterocycles. The van der Waals surface area contributed by atoms with Crippen LogP contribution < -0.4 is 11.0 Å². The number of carbonyl (C=O) groups is 1. The zero-order valence-electron chi connectivity index (χ0n) is 14.2. The van der Waals surface area contributed by atoms with Gasteiger partial charge in [-0.2, -0.15) is 0 Å². The van der Waals surface area contributed by atoms with Crippen molar-refractivity contribution in [3.05, 3.63) is 38.7 Å². The van der Waals surface area contributed by atoms with E-state index in [1.165, 1.54) is 11.8 Å². The molecular weight excluding hydrogens is 383 g/mol. The van der Waals surface area contributed by atoms with Gasteiger partial charge in [0.05, 0.1) is 16.0 Å². The Morgan fingerprint density at radius 2 is 2.12 bits per heavy atom. The van der Waals surface area contributed by atoms with Crippen molar-refractivity contribution in [1.82, 2.24) is 14.8 Å². The summed E-state index contributed by atoms with van der Waals surface area (Å²) in [5.41, 5.74) is 0.184. The molecule has 0 unspecified atom stereocenters. The van der Waals surface area contributed by atoms with E-state index in [2.05, 4.69) is 15.5 Å². The molecule has 1 heterocycles. The topological polar surface area (TPSA) is 79.8 Å². The van der Waals surface area contributed by atoms with Crippen LogP contribution in [0.1, 0.15) is 27.2 Å². The van der Waals surface area contributed by atoms with Crippen LogP contribution in [0.5, 0.6) is 0 Å². The van der Waals surface area contributed by atoms with Gasteiger partial charge in [0, 0.05) is 11.6 Å². The number of carbonyl (C=O) groups excluding carboxylic acids is 1. The van der Waals surface area contributed by atoms with Gasteiger partial charge in [-0.05, 0) is 30.5 Å². The Morgan fingerprint density at radius 3 is 2.76 bits per heavy atom. The highest BCUT2D eigenvalue weighted by atomic mass is 35.5. The van der Waals surface area contributed by atoms with Gasteiger partial charge < -0.3 is 5.32 Å². The average Bonchev–Trinajstić information content (AvgIpc) is 2.89. The Kier molecular flexibility index (Phi) is 6.98. The van der Waals surface area contributed by atoms with Crippen LogP contribution in [-0.4, -0.2) is 25.9 Å². The van der Waals surface area contributed by atoms with Gasteiger partial charge in [0.1, 0.15) is 0 Å². The summed E-state index contributed by atoms with van der Waals surface area (Å²) in [6.07, 6.45) is 0.795. The second-order valence-electron chi connectivity index (χ2n) is 5.86. The number of aromatic amines is 1. The predicted octanol–water partition coefficient (Wildman–Crippen LogP) is 4.04. The molecule has 0 saturated heterocycles. The number of H-pyrrole nitrogens is 1. The lowest BCUT2D eigenvalue weighted by molar-refractivity contribution is -0.116. The summed E-state index contributed by atoms with van der Waals surface area (Å²) in [6.45, 7) is 6.39. The first-order chi connectivity index (χ1) is 11.8. The fourth-order valence-corrected chi connectivity index (χ4v) is 3.62. The molecule has 0 aliphatic heterocycles. The van der Waals surface area contributed by atoms with Crippen molar-refractivity contribution in [3.8, 4) is 0 Å². The SMILES string of the molecule is CCCn1c(S[C@H](C(=O)Nc2cc(Cl)ccc2Cl)C(C)C)n[nH]c1=O. The molecule has 0 fully saturated rings. The standard InChI is InChI=1S/C16H20Cl2N4O2S/c1-4-7-22-15(24)20-21-16(22)25-13(9(2)3)14(23)19-12-8-10(17)5-6-11(12)18/h5-6,8-9,13H,4,7H2,1-3H3,(H,19,23)(H,20,24)/t13-/m0/s1. The summed E-state index contributed by atoms with van der Waals surface area (Å²) in [5, 5.41) is 10.2. The van der Waals surface area contributed by atoms with Gasteiger partial charge in [-0.25, -0.2) is 9.89 Å². The van der Waals surface area contributed by atoms with Crippen molar-refractivity contribution in [2.75, 3.05) is 5.32 Å². The second-order valence-corrected chi connectivity index (χ2v) is 7.81. The third-order valence-electron chi connectivity index (χ3n) is 3.45. The molecule has 0 saturated carbocycles. The summed E-state index contributed by atoms with van der Waals surface area (Å²) < 4.78 is 1.54. The Bertz CT molecular complexity index is 804. The van der Waals surface area contributed by atoms with Crippen molar-refractivity contribution < 1.29 is 4.79 Å².